The molecule has 0 saturated heterocycles. The molecule has 0 spiro atoms. The normalized spacial score (nSPS) is 10.5. The summed E-state index contributed by atoms with van der Waals surface area (Å²) in [6.07, 6.45) is 1.54. The summed E-state index contributed by atoms with van der Waals surface area (Å²) in [4.78, 5) is 4.36. The average molecular weight is 253 g/mol. The van der Waals surface area contributed by atoms with Crippen molar-refractivity contribution in [2.75, 3.05) is 0 Å². The summed E-state index contributed by atoms with van der Waals surface area (Å²) in [6, 6.07) is 13.4. The zero-order valence-electron chi connectivity index (χ0n) is 9.95. The van der Waals surface area contributed by atoms with Crippen LogP contribution in [-0.4, -0.2) is 15.2 Å². The summed E-state index contributed by atoms with van der Waals surface area (Å²) >= 11 is 0. The van der Waals surface area contributed by atoms with Gasteiger partial charge in [-0.2, -0.15) is 0 Å². The quantitative estimate of drug-likeness (QED) is 0.734. The van der Waals surface area contributed by atoms with Gasteiger partial charge in [-0.05, 0) is 36.4 Å². The van der Waals surface area contributed by atoms with Gasteiger partial charge in [-0.3, -0.25) is 0 Å². The molecule has 0 radical (unpaired) electrons. The molecule has 3 rings (SSSR count). The molecule has 2 aromatic carbocycles. The number of phenols is 2. The van der Waals surface area contributed by atoms with Crippen molar-refractivity contribution in [2.45, 2.75) is 0 Å². The first-order valence-electron chi connectivity index (χ1n) is 5.77. The molecule has 4 heteroatoms. The van der Waals surface area contributed by atoms with Gasteiger partial charge in [0.25, 0.3) is 0 Å². The first-order valence-corrected chi connectivity index (χ1v) is 5.77. The molecule has 0 atom stereocenters. The molecule has 4 nitrogen and oxygen atoms in total. The molecular weight excluding hydrogens is 242 g/mol. The molecule has 0 aliphatic rings. The summed E-state index contributed by atoms with van der Waals surface area (Å²) < 4.78 is 5.41. The van der Waals surface area contributed by atoms with Crippen LogP contribution in [0.5, 0.6) is 11.5 Å². The Morgan fingerprint density at radius 2 is 1.63 bits per heavy atom. The van der Waals surface area contributed by atoms with E-state index in [4.69, 9.17) is 4.42 Å². The Hall–Kier alpha value is -2.75. The largest absolute Gasteiger partial charge is 0.508 e. The highest BCUT2D eigenvalue weighted by Gasteiger charge is 2.08. The van der Waals surface area contributed by atoms with Gasteiger partial charge < -0.3 is 14.6 Å². The van der Waals surface area contributed by atoms with Gasteiger partial charge >= 0.3 is 0 Å². The van der Waals surface area contributed by atoms with Gasteiger partial charge in [0.15, 0.2) is 0 Å². The minimum atomic E-state index is 0.187. The fraction of sp³-hybridized carbons (Fsp3) is 0. The van der Waals surface area contributed by atoms with Crippen molar-refractivity contribution < 1.29 is 14.6 Å². The molecule has 0 saturated carbocycles. The van der Waals surface area contributed by atoms with E-state index in [9.17, 15) is 10.2 Å². The number of hydrogen-bond acceptors (Lipinski definition) is 4. The lowest BCUT2D eigenvalue weighted by atomic mass is 10.1. The van der Waals surface area contributed by atoms with Gasteiger partial charge in [-0.15, -0.1) is 0 Å². The number of aromatic hydroxyl groups is 2. The summed E-state index contributed by atoms with van der Waals surface area (Å²) in [5.41, 5.74) is 2.22. The van der Waals surface area contributed by atoms with Crippen LogP contribution in [0.2, 0.25) is 0 Å². The summed E-state index contributed by atoms with van der Waals surface area (Å²) in [6.45, 7) is 0. The molecule has 1 heterocycles. The lowest BCUT2D eigenvalue weighted by Gasteiger charge is -1.96. The van der Waals surface area contributed by atoms with E-state index < -0.39 is 0 Å². The Bertz CT molecular complexity index is 701. The lowest BCUT2D eigenvalue weighted by Crippen LogP contribution is -1.79. The van der Waals surface area contributed by atoms with Gasteiger partial charge in [-0.1, -0.05) is 12.1 Å². The highest BCUT2D eigenvalue weighted by Crippen LogP contribution is 2.27. The summed E-state index contributed by atoms with van der Waals surface area (Å²) in [7, 11) is 0. The zero-order chi connectivity index (χ0) is 13.2. The van der Waals surface area contributed by atoms with Crippen LogP contribution in [0.1, 0.15) is 0 Å². The molecule has 94 valence electrons. The van der Waals surface area contributed by atoms with Crippen molar-refractivity contribution in [1.82, 2.24) is 4.98 Å². The monoisotopic (exact) mass is 253 g/mol. The first-order chi connectivity index (χ1) is 9.22. The average Bonchev–Trinajstić information content (AvgIpc) is 2.89. The number of hydrogen-bond donors (Lipinski definition) is 2. The van der Waals surface area contributed by atoms with Gasteiger partial charge in [0.1, 0.15) is 23.5 Å². The van der Waals surface area contributed by atoms with Crippen LogP contribution in [0.15, 0.2) is 59.2 Å². The smallest absolute Gasteiger partial charge is 0.226 e. The van der Waals surface area contributed by atoms with E-state index in [0.29, 0.717) is 11.6 Å². The van der Waals surface area contributed by atoms with E-state index in [1.165, 1.54) is 6.26 Å². The summed E-state index contributed by atoms with van der Waals surface area (Å²) in [5.74, 6) is 0.855. The Kier molecular flexibility index (Phi) is 2.68. The van der Waals surface area contributed by atoms with E-state index in [1.54, 1.807) is 42.5 Å². The lowest BCUT2D eigenvalue weighted by molar-refractivity contribution is 0.475. The third-order valence-electron chi connectivity index (χ3n) is 2.76. The Balaban J connectivity index is 1.97. The standard InChI is InChI=1S/C15H11NO3/c17-12-6-4-10(5-7-12)15-16-14(9-19-15)11-2-1-3-13(18)8-11/h1-9,17-18H. The van der Waals surface area contributed by atoms with Crippen LogP contribution < -0.4 is 0 Å². The van der Waals surface area contributed by atoms with Gasteiger partial charge in [0.05, 0.1) is 0 Å². The SMILES string of the molecule is Oc1ccc(-c2nc(-c3cccc(O)c3)co2)cc1. The van der Waals surface area contributed by atoms with E-state index in [2.05, 4.69) is 4.98 Å². The molecule has 0 bridgehead atoms. The van der Waals surface area contributed by atoms with Crippen LogP contribution in [0.4, 0.5) is 0 Å². The third-order valence-corrected chi connectivity index (χ3v) is 2.76. The molecule has 2 N–H and O–H groups in total. The van der Waals surface area contributed by atoms with Crippen molar-refractivity contribution in [1.29, 1.82) is 0 Å². The molecule has 19 heavy (non-hydrogen) atoms. The molecule has 0 amide bonds. The Labute approximate surface area is 109 Å². The zero-order valence-corrected chi connectivity index (χ0v) is 9.95. The van der Waals surface area contributed by atoms with Crippen molar-refractivity contribution in [3.8, 4) is 34.2 Å². The van der Waals surface area contributed by atoms with Gasteiger partial charge in [-0.25, -0.2) is 4.98 Å². The van der Waals surface area contributed by atoms with Crippen LogP contribution in [0.3, 0.4) is 0 Å². The number of oxazole rings is 1. The number of aromatic nitrogens is 1. The second kappa shape index (κ2) is 4.49. The number of benzene rings is 2. The van der Waals surface area contributed by atoms with E-state index in [1.807, 2.05) is 6.07 Å². The highest BCUT2D eigenvalue weighted by atomic mass is 16.3. The summed E-state index contributed by atoms with van der Waals surface area (Å²) in [5, 5.41) is 18.7. The van der Waals surface area contributed by atoms with Gasteiger partial charge in [0.2, 0.25) is 5.89 Å². The van der Waals surface area contributed by atoms with Crippen LogP contribution in [0, 0.1) is 0 Å². The molecule has 3 aromatic rings. The second-order valence-electron chi connectivity index (χ2n) is 4.14. The van der Waals surface area contributed by atoms with E-state index in [0.717, 1.165) is 11.1 Å². The van der Waals surface area contributed by atoms with Gasteiger partial charge in [0, 0.05) is 11.1 Å². The Morgan fingerprint density at radius 3 is 2.37 bits per heavy atom. The van der Waals surface area contributed by atoms with E-state index in [-0.39, 0.29) is 11.5 Å². The third kappa shape index (κ3) is 2.28. The fourth-order valence-corrected chi connectivity index (χ4v) is 1.81. The Morgan fingerprint density at radius 1 is 0.842 bits per heavy atom. The van der Waals surface area contributed by atoms with Crippen LogP contribution >= 0.6 is 0 Å². The van der Waals surface area contributed by atoms with Crippen molar-refractivity contribution in [2.24, 2.45) is 0 Å². The second-order valence-corrected chi connectivity index (χ2v) is 4.14. The van der Waals surface area contributed by atoms with Crippen LogP contribution in [0.25, 0.3) is 22.7 Å². The van der Waals surface area contributed by atoms with Crippen LogP contribution in [-0.2, 0) is 0 Å². The molecule has 0 aliphatic carbocycles. The maximum atomic E-state index is 9.44. The van der Waals surface area contributed by atoms with E-state index >= 15 is 0 Å². The molecule has 0 aliphatic heterocycles. The van der Waals surface area contributed by atoms with Crippen molar-refractivity contribution in [3.05, 3.63) is 54.8 Å². The predicted octanol–water partition coefficient (Wildman–Crippen LogP) is 3.42. The predicted molar refractivity (Wildman–Crippen MR) is 70.7 cm³/mol. The highest BCUT2D eigenvalue weighted by molar-refractivity contribution is 5.64. The fourth-order valence-electron chi connectivity index (χ4n) is 1.81. The maximum absolute atomic E-state index is 9.44. The number of nitrogens with zero attached hydrogens (tertiary/aromatic N) is 1. The molecule has 0 unspecified atom stereocenters. The topological polar surface area (TPSA) is 66.5 Å². The number of phenolic OH excluding ortho intramolecular Hbond substituents is 2. The molecule has 1 aromatic heterocycles. The van der Waals surface area contributed by atoms with Crippen molar-refractivity contribution >= 4 is 0 Å². The molecular formula is C15H11NO3. The first kappa shape index (κ1) is 11.3. The number of rotatable bonds is 2. The minimum Gasteiger partial charge on any atom is -0.508 e. The minimum absolute atomic E-state index is 0.187. The molecule has 0 fully saturated rings. The maximum Gasteiger partial charge on any atom is 0.226 e. The van der Waals surface area contributed by atoms with Crippen molar-refractivity contribution in [3.63, 3.8) is 0 Å².